The first-order valence-electron chi connectivity index (χ1n) is 24.4. The molecule has 55 heavy (non-hydrogen) atoms. The SMILES string of the molecule is CCCCCCCCCCCCCCCCCCC(=O)OCCCCC/C=C\CCCCCCCC(=O)NC(CO)C(O)CCCCCCCCCCCC. The molecule has 0 rings (SSSR count). The van der Waals surface area contributed by atoms with E-state index < -0.39 is 12.1 Å². The van der Waals surface area contributed by atoms with Crippen molar-refractivity contribution in [2.24, 2.45) is 0 Å². The van der Waals surface area contributed by atoms with Gasteiger partial charge in [0.1, 0.15) is 0 Å². The maximum absolute atomic E-state index is 12.4. The van der Waals surface area contributed by atoms with E-state index >= 15 is 0 Å². The Bertz CT molecular complexity index is 817. The van der Waals surface area contributed by atoms with Crippen molar-refractivity contribution in [3.05, 3.63) is 12.2 Å². The number of rotatable bonds is 45. The van der Waals surface area contributed by atoms with Crippen molar-refractivity contribution in [2.75, 3.05) is 13.2 Å². The number of amides is 1. The molecule has 0 aromatic heterocycles. The van der Waals surface area contributed by atoms with Crippen molar-refractivity contribution in [3.8, 4) is 0 Å². The number of unbranched alkanes of at least 4 members (excludes halogenated alkanes) is 32. The molecule has 0 bridgehead atoms. The second-order valence-corrected chi connectivity index (χ2v) is 16.8. The Kier molecular flexibility index (Phi) is 44.2. The van der Waals surface area contributed by atoms with Crippen LogP contribution in [0.1, 0.15) is 264 Å². The molecule has 2 unspecified atom stereocenters. The minimum atomic E-state index is -0.677. The van der Waals surface area contributed by atoms with Crippen LogP contribution in [0.4, 0.5) is 0 Å². The van der Waals surface area contributed by atoms with E-state index in [0.717, 1.165) is 77.0 Å². The number of carbonyl (C=O) groups is 2. The van der Waals surface area contributed by atoms with E-state index in [0.29, 0.717) is 25.9 Å². The third kappa shape index (κ3) is 42.0. The molecule has 0 aliphatic heterocycles. The Morgan fingerprint density at radius 2 is 0.855 bits per heavy atom. The summed E-state index contributed by atoms with van der Waals surface area (Å²) in [5.41, 5.74) is 0. The van der Waals surface area contributed by atoms with Crippen LogP contribution < -0.4 is 5.32 Å². The summed E-state index contributed by atoms with van der Waals surface area (Å²) in [7, 11) is 0. The van der Waals surface area contributed by atoms with Crippen LogP contribution in [0.3, 0.4) is 0 Å². The Labute approximate surface area is 342 Å². The van der Waals surface area contributed by atoms with Crippen LogP contribution in [-0.2, 0) is 14.3 Å². The lowest BCUT2D eigenvalue weighted by molar-refractivity contribution is -0.143. The minimum Gasteiger partial charge on any atom is -0.466 e. The molecule has 1 amide bonds. The van der Waals surface area contributed by atoms with E-state index in [1.54, 1.807) is 0 Å². The van der Waals surface area contributed by atoms with Crippen LogP contribution in [0.15, 0.2) is 12.2 Å². The molecule has 6 nitrogen and oxygen atoms in total. The summed E-state index contributed by atoms with van der Waals surface area (Å²) in [5, 5.41) is 23.1. The van der Waals surface area contributed by atoms with E-state index in [9.17, 15) is 19.8 Å². The average molecular weight is 778 g/mol. The van der Waals surface area contributed by atoms with Gasteiger partial charge in [-0.05, 0) is 57.8 Å². The summed E-state index contributed by atoms with van der Waals surface area (Å²) >= 11 is 0. The number of esters is 1. The summed E-state index contributed by atoms with van der Waals surface area (Å²) in [5.74, 6) is -0.0819. The Morgan fingerprint density at radius 1 is 0.491 bits per heavy atom. The van der Waals surface area contributed by atoms with Crippen molar-refractivity contribution in [1.29, 1.82) is 0 Å². The Balaban J connectivity index is 3.47. The zero-order chi connectivity index (χ0) is 40.1. The van der Waals surface area contributed by atoms with Crippen LogP contribution in [0.25, 0.3) is 0 Å². The van der Waals surface area contributed by atoms with Gasteiger partial charge >= 0.3 is 5.97 Å². The van der Waals surface area contributed by atoms with Crippen LogP contribution in [-0.4, -0.2) is 47.4 Å². The van der Waals surface area contributed by atoms with E-state index in [1.165, 1.54) is 154 Å². The van der Waals surface area contributed by atoms with Gasteiger partial charge in [-0.15, -0.1) is 0 Å². The monoisotopic (exact) mass is 778 g/mol. The average Bonchev–Trinajstić information content (AvgIpc) is 3.18. The molecule has 0 aliphatic carbocycles. The summed E-state index contributed by atoms with van der Waals surface area (Å²) in [6.45, 7) is 4.88. The third-order valence-electron chi connectivity index (χ3n) is 11.3. The second kappa shape index (κ2) is 45.3. The number of ether oxygens (including phenoxy) is 1. The molecule has 3 N–H and O–H groups in total. The second-order valence-electron chi connectivity index (χ2n) is 16.8. The standard InChI is InChI=1S/C49H95NO5/c1-3-5-7-9-11-13-15-16-17-18-19-23-27-31-35-39-43-49(54)55-44-40-36-32-28-24-21-20-22-26-30-34-38-42-48(53)50-46(45-51)47(52)41-37-33-29-25-14-12-10-8-6-4-2/h21,24,46-47,51-52H,3-20,22-23,25-45H2,1-2H3,(H,50,53)/b24-21-. The topological polar surface area (TPSA) is 95.9 Å². The van der Waals surface area contributed by atoms with Crippen molar-refractivity contribution in [2.45, 2.75) is 276 Å². The molecule has 6 heteroatoms. The maximum Gasteiger partial charge on any atom is 0.305 e. The van der Waals surface area contributed by atoms with Gasteiger partial charge in [0.05, 0.1) is 25.4 Å². The molecule has 326 valence electrons. The zero-order valence-corrected chi connectivity index (χ0v) is 36.9. The molecule has 0 fully saturated rings. The number of hydrogen-bond donors (Lipinski definition) is 3. The first-order valence-corrected chi connectivity index (χ1v) is 24.4. The quantitative estimate of drug-likeness (QED) is 0.0325. The summed E-state index contributed by atoms with van der Waals surface area (Å²) in [6, 6.07) is -0.557. The van der Waals surface area contributed by atoms with Crippen LogP contribution in [0, 0.1) is 0 Å². The lowest BCUT2D eigenvalue weighted by Gasteiger charge is -2.22. The van der Waals surface area contributed by atoms with Gasteiger partial charge in [-0.25, -0.2) is 0 Å². The number of nitrogens with one attached hydrogen (secondary N) is 1. The third-order valence-corrected chi connectivity index (χ3v) is 11.3. The maximum atomic E-state index is 12.4. The van der Waals surface area contributed by atoms with Gasteiger partial charge in [0, 0.05) is 12.8 Å². The van der Waals surface area contributed by atoms with E-state index in [2.05, 4.69) is 31.3 Å². The molecule has 0 aromatic rings. The van der Waals surface area contributed by atoms with E-state index in [-0.39, 0.29) is 18.5 Å². The molecular weight excluding hydrogens is 683 g/mol. The number of hydrogen-bond acceptors (Lipinski definition) is 5. The molecule has 0 saturated carbocycles. The fraction of sp³-hybridized carbons (Fsp3) is 0.918. The van der Waals surface area contributed by atoms with Crippen LogP contribution in [0.5, 0.6) is 0 Å². The Hall–Kier alpha value is -1.40. The fourth-order valence-corrected chi connectivity index (χ4v) is 7.51. The summed E-state index contributed by atoms with van der Waals surface area (Å²) in [6.07, 6.45) is 50.4. The fourth-order valence-electron chi connectivity index (χ4n) is 7.51. The van der Waals surface area contributed by atoms with Gasteiger partial charge in [-0.3, -0.25) is 9.59 Å². The first-order chi connectivity index (χ1) is 27.0. The van der Waals surface area contributed by atoms with Crippen molar-refractivity contribution in [1.82, 2.24) is 5.32 Å². The van der Waals surface area contributed by atoms with Crippen molar-refractivity contribution >= 4 is 11.9 Å². The molecule has 0 spiro atoms. The summed E-state index contributed by atoms with van der Waals surface area (Å²) < 4.78 is 5.45. The van der Waals surface area contributed by atoms with Gasteiger partial charge in [0.25, 0.3) is 0 Å². The van der Waals surface area contributed by atoms with Gasteiger partial charge < -0.3 is 20.3 Å². The number of allylic oxidation sites excluding steroid dienone is 2. The molecule has 0 aliphatic rings. The smallest absolute Gasteiger partial charge is 0.305 e. The molecule has 0 saturated heterocycles. The molecule has 2 atom stereocenters. The molecule has 0 heterocycles. The predicted octanol–water partition coefficient (Wildman–Crippen LogP) is 14.2. The highest BCUT2D eigenvalue weighted by Crippen LogP contribution is 2.16. The van der Waals surface area contributed by atoms with Crippen molar-refractivity contribution in [3.63, 3.8) is 0 Å². The normalized spacial score (nSPS) is 12.7. The van der Waals surface area contributed by atoms with Gasteiger partial charge in [0.2, 0.25) is 5.91 Å². The minimum absolute atomic E-state index is 0.0197. The molecule has 0 aromatic carbocycles. The first kappa shape index (κ1) is 53.6. The van der Waals surface area contributed by atoms with Gasteiger partial charge in [0.15, 0.2) is 0 Å². The van der Waals surface area contributed by atoms with Crippen LogP contribution >= 0.6 is 0 Å². The number of carbonyl (C=O) groups excluding carboxylic acids is 2. The molecular formula is C49H95NO5. The summed E-state index contributed by atoms with van der Waals surface area (Å²) in [4.78, 5) is 24.4. The lowest BCUT2D eigenvalue weighted by atomic mass is 10.0. The van der Waals surface area contributed by atoms with Gasteiger partial charge in [-0.2, -0.15) is 0 Å². The van der Waals surface area contributed by atoms with E-state index in [1.807, 2.05) is 0 Å². The highest BCUT2D eigenvalue weighted by atomic mass is 16.5. The van der Waals surface area contributed by atoms with Gasteiger partial charge in [-0.1, -0.05) is 206 Å². The number of aliphatic hydroxyl groups excluding tert-OH is 2. The van der Waals surface area contributed by atoms with Crippen molar-refractivity contribution < 1.29 is 24.5 Å². The largest absolute Gasteiger partial charge is 0.466 e. The molecule has 0 radical (unpaired) electrons. The predicted molar refractivity (Wildman–Crippen MR) is 237 cm³/mol. The lowest BCUT2D eigenvalue weighted by Crippen LogP contribution is -2.45. The zero-order valence-electron chi connectivity index (χ0n) is 36.9. The van der Waals surface area contributed by atoms with Crippen LogP contribution in [0.2, 0.25) is 0 Å². The van der Waals surface area contributed by atoms with E-state index in [4.69, 9.17) is 4.74 Å². The highest BCUT2D eigenvalue weighted by Gasteiger charge is 2.20. The Morgan fingerprint density at radius 3 is 1.29 bits per heavy atom. The number of aliphatic hydroxyl groups is 2. The highest BCUT2D eigenvalue weighted by molar-refractivity contribution is 5.76.